The number of allylic oxidation sites excluding steroid dienone is 3. The number of ether oxygens (including phenoxy) is 2. The number of para-hydroxylation sites is 1. The van der Waals surface area contributed by atoms with E-state index in [1.165, 1.54) is 31.9 Å². The second-order valence-electron chi connectivity index (χ2n) is 6.04. The van der Waals surface area contributed by atoms with E-state index < -0.39 is 23.5 Å². The standard InChI is InChI=1S/C19H18O5/c1-12-10-16(21)18(19(22)24-12)15(20)9-8-14-4-2-3-5-17(14)23-11-13-6-7-13/h2-5,8-10,13,18H,6-7,11H2,1H3/b9-8+. The second kappa shape index (κ2) is 6.83. The number of rotatable bonds is 6. The average Bonchev–Trinajstić information content (AvgIpc) is 3.35. The summed E-state index contributed by atoms with van der Waals surface area (Å²) in [6.45, 7) is 2.16. The van der Waals surface area contributed by atoms with E-state index in [0.29, 0.717) is 18.3 Å². The number of cyclic esters (lactones) is 1. The second-order valence-corrected chi connectivity index (χ2v) is 6.04. The van der Waals surface area contributed by atoms with Gasteiger partial charge in [-0.05, 0) is 43.9 Å². The molecular weight excluding hydrogens is 308 g/mol. The average molecular weight is 326 g/mol. The Labute approximate surface area is 139 Å². The molecule has 1 unspecified atom stereocenters. The van der Waals surface area contributed by atoms with Crippen LogP contribution in [-0.2, 0) is 19.1 Å². The van der Waals surface area contributed by atoms with Crippen molar-refractivity contribution in [3.05, 3.63) is 47.7 Å². The SMILES string of the molecule is CC1=CC(=O)C(C(=O)/C=C/c2ccccc2OCC2CC2)C(=O)O1. The molecule has 1 heterocycles. The van der Waals surface area contributed by atoms with Gasteiger partial charge in [0.1, 0.15) is 11.5 Å². The Hall–Kier alpha value is -2.69. The van der Waals surface area contributed by atoms with Crippen LogP contribution in [-0.4, -0.2) is 24.1 Å². The summed E-state index contributed by atoms with van der Waals surface area (Å²) in [4.78, 5) is 35.8. The Bertz CT molecular complexity index is 740. The van der Waals surface area contributed by atoms with Crippen molar-refractivity contribution in [3.8, 4) is 5.75 Å². The summed E-state index contributed by atoms with van der Waals surface area (Å²) in [6.07, 6.45) is 6.35. The minimum atomic E-state index is -1.41. The van der Waals surface area contributed by atoms with Crippen molar-refractivity contribution in [2.45, 2.75) is 19.8 Å². The zero-order valence-electron chi connectivity index (χ0n) is 13.4. The van der Waals surface area contributed by atoms with Crippen LogP contribution in [0.25, 0.3) is 6.08 Å². The van der Waals surface area contributed by atoms with Crippen LogP contribution in [0.2, 0.25) is 0 Å². The summed E-state index contributed by atoms with van der Waals surface area (Å²) in [5.74, 6) is -1.87. The molecule has 0 N–H and O–H groups in total. The first-order chi connectivity index (χ1) is 11.5. The van der Waals surface area contributed by atoms with E-state index in [2.05, 4.69) is 0 Å². The maximum absolute atomic E-state index is 12.2. The third kappa shape index (κ3) is 3.79. The van der Waals surface area contributed by atoms with Crippen LogP contribution in [0.1, 0.15) is 25.3 Å². The summed E-state index contributed by atoms with van der Waals surface area (Å²) < 4.78 is 10.6. The summed E-state index contributed by atoms with van der Waals surface area (Å²) in [5, 5.41) is 0. The highest BCUT2D eigenvalue weighted by Gasteiger charge is 2.36. The van der Waals surface area contributed by atoms with Gasteiger partial charge in [0.05, 0.1) is 6.61 Å². The monoisotopic (exact) mass is 326 g/mol. The van der Waals surface area contributed by atoms with E-state index in [-0.39, 0.29) is 5.76 Å². The van der Waals surface area contributed by atoms with Crippen molar-refractivity contribution in [3.63, 3.8) is 0 Å². The molecule has 0 spiro atoms. The van der Waals surface area contributed by atoms with E-state index in [9.17, 15) is 14.4 Å². The third-order valence-electron chi connectivity index (χ3n) is 3.93. The lowest BCUT2D eigenvalue weighted by molar-refractivity contribution is -0.151. The molecule has 24 heavy (non-hydrogen) atoms. The van der Waals surface area contributed by atoms with Gasteiger partial charge in [0.2, 0.25) is 0 Å². The van der Waals surface area contributed by atoms with Crippen molar-refractivity contribution in [1.82, 2.24) is 0 Å². The van der Waals surface area contributed by atoms with Gasteiger partial charge in [0.25, 0.3) is 0 Å². The molecule has 3 rings (SSSR count). The lowest BCUT2D eigenvalue weighted by atomic mass is 9.96. The first kappa shape index (κ1) is 16.2. The minimum absolute atomic E-state index is 0.205. The molecule has 1 aromatic rings. The van der Waals surface area contributed by atoms with Crippen LogP contribution in [0, 0.1) is 11.8 Å². The van der Waals surface area contributed by atoms with E-state index in [1.54, 1.807) is 6.08 Å². The molecule has 0 amide bonds. The van der Waals surface area contributed by atoms with Gasteiger partial charge in [-0.15, -0.1) is 0 Å². The molecule has 0 bridgehead atoms. The zero-order chi connectivity index (χ0) is 17.1. The van der Waals surface area contributed by atoms with E-state index in [4.69, 9.17) is 9.47 Å². The van der Waals surface area contributed by atoms with Gasteiger partial charge in [-0.25, -0.2) is 0 Å². The van der Waals surface area contributed by atoms with Crippen LogP contribution in [0.5, 0.6) is 5.75 Å². The van der Waals surface area contributed by atoms with Gasteiger partial charge in [-0.3, -0.25) is 14.4 Å². The predicted octanol–water partition coefficient (Wildman–Crippen LogP) is 2.70. The predicted molar refractivity (Wildman–Crippen MR) is 87.0 cm³/mol. The Kier molecular flexibility index (Phi) is 4.60. The van der Waals surface area contributed by atoms with Gasteiger partial charge < -0.3 is 9.47 Å². The number of carbonyl (C=O) groups excluding carboxylic acids is 3. The van der Waals surface area contributed by atoms with E-state index in [0.717, 1.165) is 5.56 Å². The summed E-state index contributed by atoms with van der Waals surface area (Å²) in [7, 11) is 0. The molecule has 1 atom stereocenters. The normalized spacial score (nSPS) is 20.7. The van der Waals surface area contributed by atoms with Crippen molar-refractivity contribution in [1.29, 1.82) is 0 Å². The van der Waals surface area contributed by atoms with Crippen molar-refractivity contribution >= 4 is 23.6 Å². The molecule has 5 heteroatoms. The fourth-order valence-electron chi connectivity index (χ4n) is 2.41. The number of hydrogen-bond acceptors (Lipinski definition) is 5. The molecule has 0 saturated heterocycles. The quantitative estimate of drug-likeness (QED) is 0.457. The molecule has 0 aromatic heterocycles. The van der Waals surface area contributed by atoms with Crippen LogP contribution in [0.3, 0.4) is 0 Å². The van der Waals surface area contributed by atoms with E-state index >= 15 is 0 Å². The van der Waals surface area contributed by atoms with Gasteiger partial charge >= 0.3 is 5.97 Å². The van der Waals surface area contributed by atoms with Crippen LogP contribution < -0.4 is 4.74 Å². The fourth-order valence-corrected chi connectivity index (χ4v) is 2.41. The highest BCUT2D eigenvalue weighted by atomic mass is 16.5. The largest absolute Gasteiger partial charge is 0.493 e. The minimum Gasteiger partial charge on any atom is -0.493 e. The molecular formula is C19H18O5. The molecule has 5 nitrogen and oxygen atoms in total. The summed E-state index contributed by atoms with van der Waals surface area (Å²) >= 11 is 0. The number of hydrogen-bond donors (Lipinski definition) is 0. The van der Waals surface area contributed by atoms with Crippen molar-refractivity contribution in [2.75, 3.05) is 6.61 Å². The summed E-state index contributed by atoms with van der Waals surface area (Å²) in [6, 6.07) is 7.34. The lowest BCUT2D eigenvalue weighted by Crippen LogP contribution is -2.34. The van der Waals surface area contributed by atoms with Gasteiger partial charge in [0.15, 0.2) is 17.5 Å². The molecule has 1 aliphatic carbocycles. The summed E-state index contributed by atoms with van der Waals surface area (Å²) in [5.41, 5.74) is 0.731. The zero-order valence-corrected chi connectivity index (χ0v) is 13.4. The number of ketones is 2. The number of esters is 1. The highest BCUT2D eigenvalue weighted by Crippen LogP contribution is 2.30. The lowest BCUT2D eigenvalue weighted by Gasteiger charge is -2.15. The molecule has 1 aliphatic heterocycles. The maximum atomic E-state index is 12.2. The van der Waals surface area contributed by atoms with Crippen LogP contribution >= 0.6 is 0 Å². The highest BCUT2D eigenvalue weighted by molar-refractivity contribution is 6.25. The molecule has 1 saturated carbocycles. The van der Waals surface area contributed by atoms with E-state index in [1.807, 2.05) is 24.3 Å². The Morgan fingerprint density at radius 2 is 2.04 bits per heavy atom. The molecule has 1 fully saturated rings. The maximum Gasteiger partial charge on any atom is 0.329 e. The fraction of sp³-hybridized carbons (Fsp3) is 0.316. The Morgan fingerprint density at radius 1 is 1.29 bits per heavy atom. The van der Waals surface area contributed by atoms with Crippen molar-refractivity contribution < 1.29 is 23.9 Å². The number of carbonyl (C=O) groups is 3. The van der Waals surface area contributed by atoms with Crippen molar-refractivity contribution in [2.24, 2.45) is 11.8 Å². The molecule has 124 valence electrons. The van der Waals surface area contributed by atoms with Crippen LogP contribution in [0.15, 0.2) is 42.2 Å². The third-order valence-corrected chi connectivity index (χ3v) is 3.93. The van der Waals surface area contributed by atoms with Gasteiger partial charge in [-0.1, -0.05) is 18.2 Å². The van der Waals surface area contributed by atoms with Gasteiger partial charge in [-0.2, -0.15) is 0 Å². The van der Waals surface area contributed by atoms with Gasteiger partial charge in [0, 0.05) is 11.6 Å². The first-order valence-corrected chi connectivity index (χ1v) is 7.92. The van der Waals surface area contributed by atoms with Crippen LogP contribution in [0.4, 0.5) is 0 Å². The molecule has 2 aliphatic rings. The topological polar surface area (TPSA) is 69.7 Å². The number of benzene rings is 1. The smallest absolute Gasteiger partial charge is 0.329 e. The first-order valence-electron chi connectivity index (χ1n) is 7.92. The Balaban J connectivity index is 1.72. The molecule has 1 aromatic carbocycles. The molecule has 0 radical (unpaired) electrons. The Morgan fingerprint density at radius 3 is 2.75 bits per heavy atom.